The number of hydrogen-bond acceptors (Lipinski definition) is 3. The van der Waals surface area contributed by atoms with Gasteiger partial charge in [-0.2, -0.15) is 0 Å². The van der Waals surface area contributed by atoms with Crippen molar-refractivity contribution in [3.05, 3.63) is 44.3 Å². The van der Waals surface area contributed by atoms with Gasteiger partial charge in [0, 0.05) is 27.0 Å². The molecule has 0 aliphatic carbocycles. The highest BCUT2D eigenvalue weighted by Gasteiger charge is 2.08. The van der Waals surface area contributed by atoms with Crippen LogP contribution in [0.2, 0.25) is 0 Å². The first-order chi connectivity index (χ1) is 9.08. The van der Waals surface area contributed by atoms with Gasteiger partial charge in [0.15, 0.2) is 0 Å². The van der Waals surface area contributed by atoms with E-state index in [1.165, 1.54) is 17.0 Å². The SMILES string of the molecule is CCC/C(Cl)=C(/CCC)Sc1ccc([N+](=O)[O-])cc1. The van der Waals surface area contributed by atoms with E-state index in [0.717, 1.165) is 35.6 Å². The minimum atomic E-state index is -0.388. The smallest absolute Gasteiger partial charge is 0.258 e. The van der Waals surface area contributed by atoms with Crippen molar-refractivity contribution in [2.75, 3.05) is 0 Å². The summed E-state index contributed by atoms with van der Waals surface area (Å²) in [7, 11) is 0. The third-order valence-electron chi connectivity index (χ3n) is 2.54. The number of allylic oxidation sites excluding steroid dienone is 2. The van der Waals surface area contributed by atoms with Gasteiger partial charge in [0.05, 0.1) is 4.92 Å². The van der Waals surface area contributed by atoms with Crippen LogP contribution in [-0.4, -0.2) is 4.92 Å². The highest BCUT2D eigenvalue weighted by Crippen LogP contribution is 2.35. The average Bonchev–Trinajstić information content (AvgIpc) is 2.39. The Hall–Kier alpha value is -1.00. The zero-order chi connectivity index (χ0) is 14.3. The molecule has 0 aliphatic heterocycles. The van der Waals surface area contributed by atoms with Gasteiger partial charge in [0.25, 0.3) is 5.69 Å². The number of nitro benzene ring substituents is 1. The lowest BCUT2D eigenvalue weighted by Crippen LogP contribution is -1.87. The van der Waals surface area contributed by atoms with E-state index in [0.29, 0.717) is 0 Å². The van der Waals surface area contributed by atoms with Crippen LogP contribution in [0.1, 0.15) is 39.5 Å². The van der Waals surface area contributed by atoms with E-state index in [-0.39, 0.29) is 10.6 Å². The molecule has 0 N–H and O–H groups in total. The zero-order valence-electron chi connectivity index (χ0n) is 11.2. The molecule has 0 unspecified atom stereocenters. The third kappa shape index (κ3) is 5.25. The lowest BCUT2D eigenvalue weighted by molar-refractivity contribution is -0.384. The normalized spacial score (nSPS) is 12.2. The summed E-state index contributed by atoms with van der Waals surface area (Å²) >= 11 is 7.91. The molecule has 0 radical (unpaired) electrons. The van der Waals surface area contributed by atoms with Gasteiger partial charge in [-0.15, -0.1) is 0 Å². The van der Waals surface area contributed by atoms with Crippen molar-refractivity contribution in [1.29, 1.82) is 0 Å². The van der Waals surface area contributed by atoms with E-state index in [1.807, 2.05) is 0 Å². The van der Waals surface area contributed by atoms with Crippen molar-refractivity contribution in [3.8, 4) is 0 Å². The maximum Gasteiger partial charge on any atom is 0.269 e. The van der Waals surface area contributed by atoms with Crippen LogP contribution in [0, 0.1) is 10.1 Å². The number of hydrogen-bond donors (Lipinski definition) is 0. The van der Waals surface area contributed by atoms with Crippen LogP contribution in [0.5, 0.6) is 0 Å². The van der Waals surface area contributed by atoms with E-state index in [1.54, 1.807) is 23.9 Å². The standard InChI is InChI=1S/C14H18ClNO2S/c1-3-5-13(15)14(6-4-2)19-12-9-7-11(8-10-12)16(17)18/h7-10H,3-6H2,1-2H3/b14-13+. The van der Waals surface area contributed by atoms with Crippen molar-refractivity contribution < 1.29 is 4.92 Å². The van der Waals surface area contributed by atoms with Crippen molar-refractivity contribution >= 4 is 29.1 Å². The molecular formula is C14H18ClNO2S. The first-order valence-corrected chi connectivity index (χ1v) is 7.57. The fourth-order valence-electron chi connectivity index (χ4n) is 1.61. The van der Waals surface area contributed by atoms with Crippen LogP contribution in [0.15, 0.2) is 39.1 Å². The largest absolute Gasteiger partial charge is 0.269 e. The molecule has 0 saturated heterocycles. The summed E-state index contributed by atoms with van der Waals surface area (Å²) in [6, 6.07) is 6.60. The monoisotopic (exact) mass is 299 g/mol. The molecule has 0 aromatic heterocycles. The number of nitrogens with zero attached hydrogens (tertiary/aromatic N) is 1. The molecule has 0 aliphatic rings. The highest BCUT2D eigenvalue weighted by molar-refractivity contribution is 8.03. The van der Waals surface area contributed by atoms with Crippen molar-refractivity contribution in [1.82, 2.24) is 0 Å². The van der Waals surface area contributed by atoms with Crippen LogP contribution in [0.3, 0.4) is 0 Å². The number of rotatable bonds is 7. The molecular weight excluding hydrogens is 282 g/mol. The second kappa shape index (κ2) is 8.23. The average molecular weight is 300 g/mol. The molecule has 0 fully saturated rings. The molecule has 0 saturated carbocycles. The van der Waals surface area contributed by atoms with Gasteiger partial charge in [0.2, 0.25) is 0 Å². The van der Waals surface area contributed by atoms with E-state index in [2.05, 4.69) is 13.8 Å². The van der Waals surface area contributed by atoms with Crippen LogP contribution in [0.4, 0.5) is 5.69 Å². The van der Waals surface area contributed by atoms with E-state index in [4.69, 9.17) is 11.6 Å². The molecule has 0 bridgehead atoms. The summed E-state index contributed by atoms with van der Waals surface area (Å²) < 4.78 is 0. The van der Waals surface area contributed by atoms with Crippen LogP contribution < -0.4 is 0 Å². The number of thioether (sulfide) groups is 1. The fourth-order valence-corrected chi connectivity index (χ4v) is 3.08. The maximum absolute atomic E-state index is 10.6. The van der Waals surface area contributed by atoms with E-state index in [9.17, 15) is 10.1 Å². The Labute approximate surface area is 123 Å². The lowest BCUT2D eigenvalue weighted by atomic mass is 10.2. The summed E-state index contributed by atoms with van der Waals surface area (Å²) in [5.74, 6) is 0. The Kier molecular flexibility index (Phi) is 6.95. The Morgan fingerprint density at radius 1 is 1.21 bits per heavy atom. The van der Waals surface area contributed by atoms with Gasteiger partial charge in [-0.05, 0) is 25.0 Å². The minimum absolute atomic E-state index is 0.116. The van der Waals surface area contributed by atoms with Crippen LogP contribution in [-0.2, 0) is 0 Å². The number of benzene rings is 1. The van der Waals surface area contributed by atoms with Gasteiger partial charge in [-0.3, -0.25) is 10.1 Å². The molecule has 1 rings (SSSR count). The Morgan fingerprint density at radius 3 is 2.26 bits per heavy atom. The summed E-state index contributed by atoms with van der Waals surface area (Å²) in [6.07, 6.45) is 3.89. The maximum atomic E-state index is 10.6. The molecule has 1 aromatic rings. The fraction of sp³-hybridized carbons (Fsp3) is 0.429. The van der Waals surface area contributed by atoms with Gasteiger partial charge < -0.3 is 0 Å². The van der Waals surface area contributed by atoms with Gasteiger partial charge in [-0.1, -0.05) is 50.1 Å². The van der Waals surface area contributed by atoms with Gasteiger partial charge >= 0.3 is 0 Å². The number of non-ortho nitro benzene ring substituents is 1. The second-order valence-corrected chi connectivity index (χ2v) is 5.81. The van der Waals surface area contributed by atoms with Crippen LogP contribution in [0.25, 0.3) is 0 Å². The molecule has 1 aromatic carbocycles. The van der Waals surface area contributed by atoms with Crippen molar-refractivity contribution in [2.24, 2.45) is 0 Å². The molecule has 3 nitrogen and oxygen atoms in total. The van der Waals surface area contributed by atoms with Crippen molar-refractivity contribution in [2.45, 2.75) is 44.4 Å². The summed E-state index contributed by atoms with van der Waals surface area (Å²) in [4.78, 5) is 12.4. The number of nitro groups is 1. The molecule has 19 heavy (non-hydrogen) atoms. The Morgan fingerprint density at radius 2 is 1.79 bits per heavy atom. The quantitative estimate of drug-likeness (QED) is 0.366. The van der Waals surface area contributed by atoms with Gasteiger partial charge in [0.1, 0.15) is 0 Å². The molecule has 0 atom stereocenters. The molecule has 0 spiro atoms. The molecule has 0 amide bonds. The lowest BCUT2D eigenvalue weighted by Gasteiger charge is -2.09. The van der Waals surface area contributed by atoms with Gasteiger partial charge in [-0.25, -0.2) is 0 Å². The molecule has 0 heterocycles. The summed E-state index contributed by atoms with van der Waals surface area (Å²) in [5.41, 5.74) is 0.116. The second-order valence-electron chi connectivity index (χ2n) is 4.18. The Balaban J connectivity index is 2.84. The Bertz CT molecular complexity index is 457. The van der Waals surface area contributed by atoms with E-state index >= 15 is 0 Å². The highest BCUT2D eigenvalue weighted by atomic mass is 35.5. The molecule has 104 valence electrons. The third-order valence-corrected chi connectivity index (χ3v) is 4.27. The summed E-state index contributed by atoms with van der Waals surface area (Å²) in [5, 5.41) is 11.5. The summed E-state index contributed by atoms with van der Waals surface area (Å²) in [6.45, 7) is 4.22. The first-order valence-electron chi connectivity index (χ1n) is 6.38. The predicted molar refractivity (Wildman–Crippen MR) is 81.6 cm³/mol. The zero-order valence-corrected chi connectivity index (χ0v) is 12.8. The minimum Gasteiger partial charge on any atom is -0.258 e. The van der Waals surface area contributed by atoms with Crippen molar-refractivity contribution in [3.63, 3.8) is 0 Å². The predicted octanol–water partition coefficient (Wildman–Crippen LogP) is 5.74. The van der Waals surface area contributed by atoms with E-state index < -0.39 is 0 Å². The topological polar surface area (TPSA) is 43.1 Å². The van der Waals surface area contributed by atoms with Crippen LogP contribution >= 0.6 is 23.4 Å². The molecule has 5 heteroatoms. The number of halogens is 1. The first kappa shape index (κ1) is 16.1.